The van der Waals surface area contributed by atoms with E-state index in [0.29, 0.717) is 19.5 Å². The number of hydrogen-bond donors (Lipinski definition) is 0. The molecule has 1 aliphatic heterocycles. The third kappa shape index (κ3) is 4.70. The Balaban J connectivity index is 2.00. The number of rotatable bonds is 6. The summed E-state index contributed by atoms with van der Waals surface area (Å²) in [6.45, 7) is 1.21. The van der Waals surface area contributed by atoms with Crippen molar-refractivity contribution in [2.45, 2.75) is 48.4 Å². The molecule has 0 aromatic carbocycles. The predicted molar refractivity (Wildman–Crippen MR) is 87.0 cm³/mol. The predicted octanol–water partition coefficient (Wildman–Crippen LogP) is 3.04. The van der Waals surface area contributed by atoms with E-state index in [-0.39, 0.29) is 4.90 Å². The van der Waals surface area contributed by atoms with E-state index in [1.807, 2.05) is 0 Å². The van der Waals surface area contributed by atoms with E-state index in [0.717, 1.165) is 42.9 Å². The van der Waals surface area contributed by atoms with Gasteiger partial charge >= 0.3 is 0 Å². The Morgan fingerprint density at radius 3 is 2.55 bits per heavy atom. The van der Waals surface area contributed by atoms with Crippen LogP contribution in [0.3, 0.4) is 0 Å². The Kier molecular flexibility index (Phi) is 6.68. The van der Waals surface area contributed by atoms with Crippen LogP contribution in [0.15, 0.2) is 28.3 Å². The van der Waals surface area contributed by atoms with Gasteiger partial charge in [0.2, 0.25) is 10.0 Å². The normalized spacial score (nSPS) is 16.9. The van der Waals surface area contributed by atoms with E-state index in [1.165, 1.54) is 6.20 Å². The van der Waals surface area contributed by atoms with Gasteiger partial charge in [-0.25, -0.2) is 13.4 Å². The molecular weight excluding hydrogens is 318 g/mol. The summed E-state index contributed by atoms with van der Waals surface area (Å²) in [5, 5.41) is 9.29. The maximum Gasteiger partial charge on any atom is 0.244 e. The van der Waals surface area contributed by atoms with Gasteiger partial charge in [-0.15, -0.1) is 11.8 Å². The summed E-state index contributed by atoms with van der Waals surface area (Å²) in [6, 6.07) is 5.50. The molecule has 0 atom stereocenters. The highest BCUT2D eigenvalue weighted by molar-refractivity contribution is 7.99. The zero-order chi connectivity index (χ0) is 15.8. The van der Waals surface area contributed by atoms with Crippen molar-refractivity contribution in [1.29, 1.82) is 5.26 Å². The molecule has 0 bridgehead atoms. The van der Waals surface area contributed by atoms with Gasteiger partial charge in [-0.3, -0.25) is 0 Å². The van der Waals surface area contributed by atoms with Gasteiger partial charge in [0, 0.05) is 31.5 Å². The summed E-state index contributed by atoms with van der Waals surface area (Å²) in [5.41, 5.74) is 0. The zero-order valence-corrected chi connectivity index (χ0v) is 14.2. The van der Waals surface area contributed by atoms with Crippen LogP contribution in [0.25, 0.3) is 0 Å². The fourth-order valence-electron chi connectivity index (χ4n) is 2.36. The molecule has 1 fully saturated rings. The van der Waals surface area contributed by atoms with Crippen LogP contribution in [-0.4, -0.2) is 36.5 Å². The van der Waals surface area contributed by atoms with E-state index in [2.05, 4.69) is 11.1 Å². The van der Waals surface area contributed by atoms with Gasteiger partial charge in [0.05, 0.1) is 11.1 Å². The summed E-state index contributed by atoms with van der Waals surface area (Å²) in [4.78, 5) is 4.51. The highest BCUT2D eigenvalue weighted by Gasteiger charge is 2.25. The van der Waals surface area contributed by atoms with Crippen LogP contribution in [0.2, 0.25) is 0 Å². The summed E-state index contributed by atoms with van der Waals surface area (Å²) in [7, 11) is -3.41. The molecular formula is C15H21N3O2S2. The van der Waals surface area contributed by atoms with E-state index in [9.17, 15) is 8.42 Å². The lowest BCUT2D eigenvalue weighted by Gasteiger charge is -2.19. The number of hydrogen-bond acceptors (Lipinski definition) is 5. The maximum absolute atomic E-state index is 12.6. The zero-order valence-electron chi connectivity index (χ0n) is 12.6. The lowest BCUT2D eigenvalue weighted by Crippen LogP contribution is -2.32. The average Bonchev–Trinajstić information content (AvgIpc) is 2.82. The van der Waals surface area contributed by atoms with Crippen LogP contribution in [0.1, 0.15) is 38.5 Å². The van der Waals surface area contributed by atoms with Gasteiger partial charge in [-0.05, 0) is 31.4 Å². The number of nitriles is 1. The topological polar surface area (TPSA) is 74.1 Å². The summed E-state index contributed by atoms with van der Waals surface area (Å²) >= 11 is 1.55. The lowest BCUT2D eigenvalue weighted by molar-refractivity contribution is 0.423. The largest absolute Gasteiger partial charge is 0.249 e. The highest BCUT2D eigenvalue weighted by Crippen LogP contribution is 2.22. The monoisotopic (exact) mass is 339 g/mol. The number of thioether (sulfide) groups is 1. The van der Waals surface area contributed by atoms with Gasteiger partial charge in [0.25, 0.3) is 0 Å². The second-order valence-electron chi connectivity index (χ2n) is 5.26. The van der Waals surface area contributed by atoms with Crippen molar-refractivity contribution in [3.63, 3.8) is 0 Å². The van der Waals surface area contributed by atoms with Crippen LogP contribution >= 0.6 is 11.8 Å². The van der Waals surface area contributed by atoms with E-state index < -0.39 is 10.0 Å². The van der Waals surface area contributed by atoms with Crippen LogP contribution in [0, 0.1) is 11.3 Å². The standard InChI is InChI=1S/C15H21N3O2S2/c16-9-3-6-12-21-15-8-7-14(13-17-15)22(19,20)18-10-4-1-2-5-11-18/h7-8,13H,1-6,10-12H2. The van der Waals surface area contributed by atoms with E-state index >= 15 is 0 Å². The summed E-state index contributed by atoms with van der Waals surface area (Å²) < 4.78 is 26.8. The smallest absolute Gasteiger partial charge is 0.244 e. The van der Waals surface area contributed by atoms with Gasteiger partial charge < -0.3 is 0 Å². The van der Waals surface area contributed by atoms with Gasteiger partial charge in [0.1, 0.15) is 4.90 Å². The van der Waals surface area contributed by atoms with Gasteiger partial charge in [-0.1, -0.05) is 12.8 Å². The molecule has 1 aliphatic rings. The first-order chi connectivity index (χ1) is 10.6. The molecule has 2 rings (SSSR count). The van der Waals surface area contributed by atoms with Crippen LogP contribution in [0.4, 0.5) is 0 Å². The van der Waals surface area contributed by atoms with E-state index in [4.69, 9.17) is 5.26 Å². The molecule has 0 aliphatic carbocycles. The molecule has 120 valence electrons. The SMILES string of the molecule is N#CCCCSc1ccc(S(=O)(=O)N2CCCCCC2)cn1. The Hall–Kier alpha value is -1.10. The lowest BCUT2D eigenvalue weighted by atomic mass is 10.2. The molecule has 1 saturated heterocycles. The highest BCUT2D eigenvalue weighted by atomic mass is 32.2. The number of pyridine rings is 1. The van der Waals surface area contributed by atoms with Crippen LogP contribution < -0.4 is 0 Å². The van der Waals surface area contributed by atoms with Crippen LogP contribution in [0.5, 0.6) is 0 Å². The molecule has 0 amide bonds. The molecule has 1 aromatic rings. The quantitative estimate of drug-likeness (QED) is 0.588. The van der Waals surface area contributed by atoms with Crippen molar-refractivity contribution in [3.05, 3.63) is 18.3 Å². The molecule has 5 nitrogen and oxygen atoms in total. The number of aromatic nitrogens is 1. The Morgan fingerprint density at radius 2 is 1.95 bits per heavy atom. The number of sulfonamides is 1. The van der Waals surface area contributed by atoms with E-state index in [1.54, 1.807) is 28.2 Å². The van der Waals surface area contributed by atoms with Gasteiger partial charge in [0.15, 0.2) is 0 Å². The van der Waals surface area contributed by atoms with Crippen molar-refractivity contribution in [3.8, 4) is 6.07 Å². The molecule has 0 saturated carbocycles. The first kappa shape index (κ1) is 17.3. The van der Waals surface area contributed by atoms with Crippen molar-refractivity contribution in [2.75, 3.05) is 18.8 Å². The Bertz CT molecular complexity index is 601. The van der Waals surface area contributed by atoms with Crippen molar-refractivity contribution in [1.82, 2.24) is 9.29 Å². The minimum atomic E-state index is -3.41. The van der Waals surface area contributed by atoms with Crippen molar-refractivity contribution < 1.29 is 8.42 Å². The Morgan fingerprint density at radius 1 is 1.23 bits per heavy atom. The molecule has 0 spiro atoms. The average molecular weight is 339 g/mol. The summed E-state index contributed by atoms with van der Waals surface area (Å²) in [6.07, 6.45) is 6.86. The fourth-order valence-corrected chi connectivity index (χ4v) is 4.62. The molecule has 0 radical (unpaired) electrons. The first-order valence-corrected chi connectivity index (χ1v) is 10.0. The first-order valence-electron chi connectivity index (χ1n) is 7.60. The number of nitrogens with zero attached hydrogens (tertiary/aromatic N) is 3. The second kappa shape index (κ2) is 8.51. The molecule has 0 unspecified atom stereocenters. The number of unbranched alkanes of at least 4 members (excludes halogenated alkanes) is 1. The minimum Gasteiger partial charge on any atom is -0.249 e. The molecule has 22 heavy (non-hydrogen) atoms. The summed E-state index contributed by atoms with van der Waals surface area (Å²) in [5.74, 6) is 0.818. The minimum absolute atomic E-state index is 0.274. The molecule has 2 heterocycles. The molecule has 0 N–H and O–H groups in total. The fraction of sp³-hybridized carbons (Fsp3) is 0.600. The maximum atomic E-state index is 12.6. The third-order valence-electron chi connectivity index (χ3n) is 3.59. The van der Waals surface area contributed by atoms with Crippen LogP contribution in [-0.2, 0) is 10.0 Å². The third-order valence-corrected chi connectivity index (χ3v) is 6.51. The van der Waals surface area contributed by atoms with Crippen molar-refractivity contribution >= 4 is 21.8 Å². The molecule has 1 aromatic heterocycles. The van der Waals surface area contributed by atoms with Gasteiger partial charge in [-0.2, -0.15) is 9.57 Å². The second-order valence-corrected chi connectivity index (χ2v) is 8.31. The van der Waals surface area contributed by atoms with Crippen molar-refractivity contribution in [2.24, 2.45) is 0 Å². The molecule has 7 heteroatoms. The Labute approximate surface area is 136 Å².